The Hall–Kier alpha value is -2.33. The van der Waals surface area contributed by atoms with Gasteiger partial charge in [0.1, 0.15) is 25.5 Å². The summed E-state index contributed by atoms with van der Waals surface area (Å²) in [5, 5.41) is 0. The summed E-state index contributed by atoms with van der Waals surface area (Å²) >= 11 is 0. The van der Waals surface area contributed by atoms with Crippen LogP contribution in [0.15, 0.2) is 54.6 Å². The molecule has 170 valence electrons. The normalized spacial score (nSPS) is 11.3. The van der Waals surface area contributed by atoms with Crippen LogP contribution in [-0.2, 0) is 22.5 Å². The maximum atomic E-state index is 12.2. The molecule has 0 bridgehead atoms. The van der Waals surface area contributed by atoms with Crippen molar-refractivity contribution in [1.29, 1.82) is 0 Å². The average molecular weight is 427 g/mol. The third-order valence-electron chi connectivity index (χ3n) is 5.37. The summed E-state index contributed by atoms with van der Waals surface area (Å²) in [5.74, 6) is 0.627. The van der Waals surface area contributed by atoms with Crippen molar-refractivity contribution in [2.75, 3.05) is 33.9 Å². The number of carbonyl (C=O) groups excluding carboxylic acids is 1. The average Bonchev–Trinajstić information content (AvgIpc) is 2.74. The van der Waals surface area contributed by atoms with E-state index in [1.807, 2.05) is 44.4 Å². The number of aryl methyl sites for hydroxylation is 1. The maximum absolute atomic E-state index is 12.2. The number of rotatable bonds is 15. The molecule has 0 aliphatic carbocycles. The molecule has 0 heterocycles. The number of carbonyl (C=O) groups is 1. The van der Waals surface area contributed by atoms with Crippen LogP contribution in [0.25, 0.3) is 0 Å². The molecule has 0 aliphatic rings. The third kappa shape index (κ3) is 11.0. The number of hydrogen-bond donors (Lipinski definition) is 0. The highest BCUT2D eigenvalue weighted by Crippen LogP contribution is 2.15. The molecule has 2 rings (SSSR count). The summed E-state index contributed by atoms with van der Waals surface area (Å²) in [6, 6.07) is 18.5. The van der Waals surface area contributed by atoms with E-state index in [9.17, 15) is 4.79 Å². The Morgan fingerprint density at radius 3 is 2.19 bits per heavy atom. The van der Waals surface area contributed by atoms with Gasteiger partial charge in [0.05, 0.1) is 14.1 Å². The predicted molar refractivity (Wildman–Crippen MR) is 127 cm³/mol. The molecule has 0 spiro atoms. The van der Waals surface area contributed by atoms with E-state index in [1.54, 1.807) is 0 Å². The van der Waals surface area contributed by atoms with E-state index in [-0.39, 0.29) is 12.6 Å². The summed E-state index contributed by atoms with van der Waals surface area (Å²) < 4.78 is 11.7. The summed E-state index contributed by atoms with van der Waals surface area (Å²) in [5.41, 5.74) is 2.57. The van der Waals surface area contributed by atoms with Gasteiger partial charge in [-0.2, -0.15) is 0 Å². The minimum atomic E-state index is -0.196. The van der Waals surface area contributed by atoms with Crippen LogP contribution in [0, 0.1) is 0 Å². The highest BCUT2D eigenvalue weighted by Gasteiger charge is 2.21. The van der Waals surface area contributed by atoms with Crippen LogP contribution >= 0.6 is 0 Å². The van der Waals surface area contributed by atoms with E-state index in [0.29, 0.717) is 17.6 Å². The quantitative estimate of drug-likeness (QED) is 0.205. The number of unbranched alkanes of at least 4 members (excludes halogenated alkanes) is 5. The fourth-order valence-corrected chi connectivity index (χ4v) is 3.71. The SMILES string of the molecule is CCCCCCCCc1ccc(OCCOC(=O)C[N+](C)(C)Cc2ccccc2)cc1. The molecule has 0 saturated carbocycles. The summed E-state index contributed by atoms with van der Waals surface area (Å²) in [7, 11) is 4.08. The molecular weight excluding hydrogens is 386 g/mol. The molecule has 4 nitrogen and oxygen atoms in total. The lowest BCUT2D eigenvalue weighted by atomic mass is 10.0. The van der Waals surface area contributed by atoms with Gasteiger partial charge in [0.2, 0.25) is 0 Å². The maximum Gasteiger partial charge on any atom is 0.361 e. The van der Waals surface area contributed by atoms with Crippen molar-refractivity contribution in [3.8, 4) is 5.75 Å². The van der Waals surface area contributed by atoms with Crippen LogP contribution in [0.2, 0.25) is 0 Å². The van der Waals surface area contributed by atoms with Gasteiger partial charge < -0.3 is 14.0 Å². The molecule has 0 saturated heterocycles. The summed E-state index contributed by atoms with van der Waals surface area (Å²) in [4.78, 5) is 12.2. The van der Waals surface area contributed by atoms with E-state index >= 15 is 0 Å². The van der Waals surface area contributed by atoms with Crippen LogP contribution in [0.1, 0.15) is 56.6 Å². The Kier molecular flexibility index (Phi) is 11.2. The fraction of sp³-hybridized carbons (Fsp3) is 0.519. The van der Waals surface area contributed by atoms with Gasteiger partial charge in [0, 0.05) is 5.56 Å². The first-order chi connectivity index (χ1) is 15.0. The highest BCUT2D eigenvalue weighted by molar-refractivity contribution is 5.70. The molecule has 0 fully saturated rings. The van der Waals surface area contributed by atoms with E-state index in [1.165, 1.54) is 49.7 Å². The molecule has 0 radical (unpaired) electrons. The van der Waals surface area contributed by atoms with E-state index in [4.69, 9.17) is 9.47 Å². The van der Waals surface area contributed by atoms with Gasteiger partial charge in [-0.05, 0) is 30.5 Å². The van der Waals surface area contributed by atoms with Crippen molar-refractivity contribution in [1.82, 2.24) is 0 Å². The second kappa shape index (κ2) is 13.9. The number of nitrogens with zero attached hydrogens (tertiary/aromatic N) is 1. The van der Waals surface area contributed by atoms with Crippen molar-refractivity contribution < 1.29 is 18.8 Å². The van der Waals surface area contributed by atoms with Gasteiger partial charge in [0.25, 0.3) is 0 Å². The van der Waals surface area contributed by atoms with Crippen molar-refractivity contribution in [2.45, 2.75) is 58.4 Å². The van der Waals surface area contributed by atoms with Gasteiger partial charge in [0.15, 0.2) is 6.54 Å². The second-order valence-electron chi connectivity index (χ2n) is 8.97. The highest BCUT2D eigenvalue weighted by atomic mass is 16.6. The van der Waals surface area contributed by atoms with E-state index in [0.717, 1.165) is 18.7 Å². The monoisotopic (exact) mass is 426 g/mol. The number of ether oxygens (including phenoxy) is 2. The number of quaternary nitrogens is 1. The first-order valence-corrected chi connectivity index (χ1v) is 11.7. The van der Waals surface area contributed by atoms with Gasteiger partial charge in [-0.15, -0.1) is 0 Å². The first-order valence-electron chi connectivity index (χ1n) is 11.7. The lowest BCUT2D eigenvalue weighted by Crippen LogP contribution is -2.43. The van der Waals surface area contributed by atoms with E-state index < -0.39 is 0 Å². The Bertz CT molecular complexity index is 741. The lowest BCUT2D eigenvalue weighted by molar-refractivity contribution is -0.896. The third-order valence-corrected chi connectivity index (χ3v) is 5.37. The minimum absolute atomic E-state index is 0.196. The lowest BCUT2D eigenvalue weighted by Gasteiger charge is -2.28. The molecule has 0 aromatic heterocycles. The largest absolute Gasteiger partial charge is 0.490 e. The minimum Gasteiger partial charge on any atom is -0.490 e. The Morgan fingerprint density at radius 2 is 1.48 bits per heavy atom. The Balaban J connectivity index is 1.59. The van der Waals surface area contributed by atoms with Gasteiger partial charge in [-0.25, -0.2) is 4.79 Å². The molecule has 0 aliphatic heterocycles. The Labute approximate surface area is 188 Å². The zero-order chi connectivity index (χ0) is 22.4. The van der Waals surface area contributed by atoms with Crippen LogP contribution < -0.4 is 4.74 Å². The molecule has 31 heavy (non-hydrogen) atoms. The number of likely N-dealkylation sites (N-methyl/N-ethyl adjacent to an activating group) is 1. The molecule has 0 unspecified atom stereocenters. The number of benzene rings is 2. The van der Waals surface area contributed by atoms with Gasteiger partial charge in [-0.3, -0.25) is 0 Å². The molecular formula is C27H40NO3+. The Morgan fingerprint density at radius 1 is 0.806 bits per heavy atom. The predicted octanol–water partition coefficient (Wildman–Crippen LogP) is 5.79. The second-order valence-corrected chi connectivity index (χ2v) is 8.97. The molecule has 0 atom stereocenters. The molecule has 4 heteroatoms. The standard InChI is InChI=1S/C27H40NO3/c1-4-5-6-7-8-10-13-24-16-18-26(19-17-24)30-20-21-31-27(29)23-28(2,3)22-25-14-11-9-12-15-25/h9,11-12,14-19H,4-8,10,13,20-23H2,1-3H3/q+1. The summed E-state index contributed by atoms with van der Waals surface area (Å²) in [6.45, 7) is 4.01. The van der Waals surface area contributed by atoms with Crippen LogP contribution in [0.3, 0.4) is 0 Å². The zero-order valence-corrected chi connectivity index (χ0v) is 19.6. The van der Waals surface area contributed by atoms with Gasteiger partial charge >= 0.3 is 5.97 Å². The van der Waals surface area contributed by atoms with Crippen LogP contribution in [0.5, 0.6) is 5.75 Å². The molecule has 0 amide bonds. The van der Waals surface area contributed by atoms with Gasteiger partial charge in [-0.1, -0.05) is 81.5 Å². The molecule has 2 aromatic rings. The fourth-order valence-electron chi connectivity index (χ4n) is 3.71. The van der Waals surface area contributed by atoms with Crippen LogP contribution in [-0.4, -0.2) is 44.3 Å². The smallest absolute Gasteiger partial charge is 0.361 e. The first kappa shape index (κ1) is 24.9. The number of esters is 1. The van der Waals surface area contributed by atoms with Crippen LogP contribution in [0.4, 0.5) is 0 Å². The van der Waals surface area contributed by atoms with Crippen molar-refractivity contribution in [2.24, 2.45) is 0 Å². The summed E-state index contributed by atoms with van der Waals surface area (Å²) in [6.07, 6.45) is 9.04. The molecule has 0 N–H and O–H groups in total. The van der Waals surface area contributed by atoms with Crippen molar-refractivity contribution in [3.63, 3.8) is 0 Å². The van der Waals surface area contributed by atoms with E-state index in [2.05, 4.69) is 31.2 Å². The zero-order valence-electron chi connectivity index (χ0n) is 19.6. The molecule has 2 aromatic carbocycles. The number of hydrogen-bond acceptors (Lipinski definition) is 3. The van der Waals surface area contributed by atoms with Crippen molar-refractivity contribution >= 4 is 5.97 Å². The van der Waals surface area contributed by atoms with Crippen molar-refractivity contribution in [3.05, 3.63) is 65.7 Å². The topological polar surface area (TPSA) is 35.5 Å².